The molecule has 0 N–H and O–H groups in total. The van der Waals surface area contributed by atoms with Crippen molar-refractivity contribution in [3.05, 3.63) is 28.7 Å². The van der Waals surface area contributed by atoms with Gasteiger partial charge in [-0.25, -0.2) is 14.3 Å². The number of hydrogen-bond acceptors (Lipinski definition) is 4. The van der Waals surface area contributed by atoms with Crippen LogP contribution in [0, 0.1) is 0 Å². The lowest BCUT2D eigenvalue weighted by molar-refractivity contribution is 0.00671. The van der Waals surface area contributed by atoms with E-state index in [9.17, 15) is 4.79 Å². The first-order valence-electron chi connectivity index (χ1n) is 6.08. The van der Waals surface area contributed by atoms with Gasteiger partial charge in [-0.1, -0.05) is 18.5 Å². The Kier molecular flexibility index (Phi) is 3.49. The number of halogens is 1. The number of carbonyl (C=O) groups excluding carboxylic acids is 1. The Morgan fingerprint density at radius 2 is 2.16 bits per heavy atom. The summed E-state index contributed by atoms with van der Waals surface area (Å²) >= 11 is 5.86. The second kappa shape index (κ2) is 4.81. The van der Waals surface area contributed by atoms with Gasteiger partial charge in [0.1, 0.15) is 5.60 Å². The summed E-state index contributed by atoms with van der Waals surface area (Å²) in [6.07, 6.45) is 2.14. The minimum atomic E-state index is -0.543. The molecule has 0 aromatic carbocycles. The number of aromatic nitrogens is 3. The van der Waals surface area contributed by atoms with E-state index in [1.807, 2.05) is 27.7 Å². The molecule has 0 saturated carbocycles. The molecule has 0 bridgehead atoms. The molecule has 0 amide bonds. The van der Waals surface area contributed by atoms with E-state index in [0.717, 1.165) is 5.69 Å². The average Bonchev–Trinajstić information content (AvgIpc) is 2.65. The van der Waals surface area contributed by atoms with Crippen LogP contribution in [0.3, 0.4) is 0 Å². The maximum atomic E-state index is 12.2. The number of nitrogens with zero attached hydrogens (tertiary/aromatic N) is 3. The van der Waals surface area contributed by atoms with E-state index < -0.39 is 11.6 Å². The van der Waals surface area contributed by atoms with Crippen LogP contribution in [0.5, 0.6) is 0 Å². The lowest BCUT2D eigenvalue weighted by atomic mass is 10.1. The van der Waals surface area contributed by atoms with Crippen molar-refractivity contribution in [1.29, 1.82) is 0 Å². The van der Waals surface area contributed by atoms with Crippen molar-refractivity contribution in [3.63, 3.8) is 0 Å². The van der Waals surface area contributed by atoms with Gasteiger partial charge in [0.25, 0.3) is 0 Å². The largest absolute Gasteiger partial charge is 0.456 e. The number of ether oxygens (including phenoxy) is 1. The zero-order chi connectivity index (χ0) is 14.2. The lowest BCUT2D eigenvalue weighted by Gasteiger charge is -2.20. The van der Waals surface area contributed by atoms with Crippen molar-refractivity contribution in [3.8, 4) is 0 Å². The summed E-state index contributed by atoms with van der Waals surface area (Å²) < 4.78 is 6.95. The zero-order valence-corrected chi connectivity index (χ0v) is 12.2. The van der Waals surface area contributed by atoms with Gasteiger partial charge in [-0.15, -0.1) is 0 Å². The Balaban J connectivity index is 2.51. The molecule has 0 saturated heterocycles. The van der Waals surface area contributed by atoms with Gasteiger partial charge in [0.2, 0.25) is 0 Å². The van der Waals surface area contributed by atoms with E-state index >= 15 is 0 Å². The number of carbonyl (C=O) groups is 1. The van der Waals surface area contributed by atoms with Gasteiger partial charge < -0.3 is 4.74 Å². The quantitative estimate of drug-likeness (QED) is 0.794. The van der Waals surface area contributed by atoms with Crippen LogP contribution in [0.2, 0.25) is 5.15 Å². The van der Waals surface area contributed by atoms with E-state index in [2.05, 4.69) is 10.1 Å². The molecule has 0 unspecified atom stereocenters. The first-order chi connectivity index (χ1) is 8.81. The highest BCUT2D eigenvalue weighted by Crippen LogP contribution is 2.18. The lowest BCUT2D eigenvalue weighted by Crippen LogP contribution is -2.25. The van der Waals surface area contributed by atoms with Crippen LogP contribution in [0.4, 0.5) is 0 Å². The normalized spacial score (nSPS) is 11.8. The van der Waals surface area contributed by atoms with Gasteiger partial charge >= 0.3 is 5.97 Å². The Morgan fingerprint density at radius 3 is 2.74 bits per heavy atom. The highest BCUT2D eigenvalue weighted by atomic mass is 35.5. The molecule has 2 rings (SSSR count). The zero-order valence-electron chi connectivity index (χ0n) is 11.4. The molecule has 0 radical (unpaired) electrons. The SMILES string of the molecule is CCc1c(C(=O)OC(C)(C)C)cnc2cc(Cl)nn12. The van der Waals surface area contributed by atoms with Gasteiger partial charge in [0.05, 0.1) is 11.3 Å². The molecule has 2 aromatic rings. The molecule has 6 heteroatoms. The van der Waals surface area contributed by atoms with E-state index in [1.165, 1.54) is 6.20 Å². The van der Waals surface area contributed by atoms with Crippen LogP contribution in [0.15, 0.2) is 12.3 Å². The molecule has 2 heterocycles. The fraction of sp³-hybridized carbons (Fsp3) is 0.462. The Hall–Kier alpha value is -1.62. The van der Waals surface area contributed by atoms with E-state index in [1.54, 1.807) is 10.6 Å². The maximum absolute atomic E-state index is 12.2. The van der Waals surface area contributed by atoms with Crippen molar-refractivity contribution in [1.82, 2.24) is 14.6 Å². The predicted molar refractivity (Wildman–Crippen MR) is 72.5 cm³/mol. The Bertz CT molecular complexity index is 629. The summed E-state index contributed by atoms with van der Waals surface area (Å²) in [6, 6.07) is 1.65. The number of fused-ring (bicyclic) bond motifs is 1. The Morgan fingerprint density at radius 1 is 1.47 bits per heavy atom. The van der Waals surface area contributed by atoms with Crippen LogP contribution in [-0.2, 0) is 11.2 Å². The highest BCUT2D eigenvalue weighted by Gasteiger charge is 2.22. The summed E-state index contributed by atoms with van der Waals surface area (Å²) in [4.78, 5) is 16.3. The van der Waals surface area contributed by atoms with Gasteiger partial charge in [0.15, 0.2) is 10.8 Å². The second-order valence-corrected chi connectivity index (χ2v) is 5.60. The maximum Gasteiger partial charge on any atom is 0.342 e. The third-order valence-electron chi connectivity index (χ3n) is 2.51. The molecular formula is C13H16ClN3O2. The second-order valence-electron chi connectivity index (χ2n) is 5.21. The standard InChI is InChI=1S/C13H16ClN3O2/c1-5-9-8(12(18)19-13(2,3)4)7-15-11-6-10(14)16-17(9)11/h6-7H,5H2,1-4H3. The average molecular weight is 282 g/mol. The Labute approximate surface area is 116 Å². The van der Waals surface area contributed by atoms with Crippen LogP contribution >= 0.6 is 11.6 Å². The molecule has 102 valence electrons. The summed E-state index contributed by atoms with van der Waals surface area (Å²) in [6.45, 7) is 7.42. The van der Waals surface area contributed by atoms with Crippen molar-refractivity contribution in [2.24, 2.45) is 0 Å². The van der Waals surface area contributed by atoms with Crippen LogP contribution < -0.4 is 0 Å². The fourth-order valence-electron chi connectivity index (χ4n) is 1.80. The summed E-state index contributed by atoms with van der Waals surface area (Å²) in [5.41, 5.74) is 1.24. The molecule has 2 aromatic heterocycles. The highest BCUT2D eigenvalue weighted by molar-refractivity contribution is 6.29. The van der Waals surface area contributed by atoms with Crippen LogP contribution in [0.1, 0.15) is 43.7 Å². The van der Waals surface area contributed by atoms with E-state index in [4.69, 9.17) is 16.3 Å². The van der Waals surface area contributed by atoms with Crippen molar-refractivity contribution in [2.45, 2.75) is 39.7 Å². The van der Waals surface area contributed by atoms with E-state index in [-0.39, 0.29) is 0 Å². The van der Waals surface area contributed by atoms with E-state index in [0.29, 0.717) is 22.8 Å². The number of esters is 1. The molecule has 19 heavy (non-hydrogen) atoms. The first kappa shape index (κ1) is 13.8. The monoisotopic (exact) mass is 281 g/mol. The molecule has 0 aliphatic carbocycles. The summed E-state index contributed by atoms with van der Waals surface area (Å²) in [7, 11) is 0. The molecular weight excluding hydrogens is 266 g/mol. The summed E-state index contributed by atoms with van der Waals surface area (Å²) in [5.74, 6) is -0.398. The molecule has 0 spiro atoms. The van der Waals surface area contributed by atoms with Gasteiger partial charge in [-0.05, 0) is 27.2 Å². The number of aryl methyl sites for hydroxylation is 1. The predicted octanol–water partition coefficient (Wildman–Crippen LogP) is 2.90. The molecule has 0 aliphatic heterocycles. The van der Waals surface area contributed by atoms with Gasteiger partial charge in [0, 0.05) is 12.3 Å². The number of rotatable bonds is 2. The van der Waals surface area contributed by atoms with Crippen LogP contribution in [0.25, 0.3) is 5.65 Å². The smallest absolute Gasteiger partial charge is 0.342 e. The van der Waals surface area contributed by atoms with Gasteiger partial charge in [-0.3, -0.25) is 0 Å². The van der Waals surface area contributed by atoms with Crippen molar-refractivity contribution in [2.75, 3.05) is 0 Å². The van der Waals surface area contributed by atoms with Crippen LogP contribution in [-0.4, -0.2) is 26.2 Å². The first-order valence-corrected chi connectivity index (χ1v) is 6.46. The fourth-order valence-corrected chi connectivity index (χ4v) is 1.97. The minimum Gasteiger partial charge on any atom is -0.456 e. The third kappa shape index (κ3) is 2.87. The molecule has 0 aliphatic rings. The molecule has 0 atom stereocenters. The summed E-state index contributed by atoms with van der Waals surface area (Å²) in [5, 5.41) is 4.49. The molecule has 5 nitrogen and oxygen atoms in total. The minimum absolute atomic E-state index is 0.350. The topological polar surface area (TPSA) is 56.5 Å². The third-order valence-corrected chi connectivity index (χ3v) is 2.69. The number of hydrogen-bond donors (Lipinski definition) is 0. The van der Waals surface area contributed by atoms with Gasteiger partial charge in [-0.2, -0.15) is 5.10 Å². The van der Waals surface area contributed by atoms with Crippen molar-refractivity contribution >= 4 is 23.2 Å². The van der Waals surface area contributed by atoms with Crippen molar-refractivity contribution < 1.29 is 9.53 Å². The molecule has 0 fully saturated rings.